The van der Waals surface area contributed by atoms with Crippen LogP contribution in [0.3, 0.4) is 0 Å². The fraction of sp³-hybridized carbons (Fsp3) is 0.333. The number of benzene rings is 2. The van der Waals surface area contributed by atoms with Gasteiger partial charge in [0.25, 0.3) is 5.91 Å². The highest BCUT2D eigenvalue weighted by molar-refractivity contribution is 6.09. The Balaban J connectivity index is 1.60. The van der Waals surface area contributed by atoms with Gasteiger partial charge < -0.3 is 35.2 Å². The molecule has 2 heterocycles. The molecule has 0 aliphatic carbocycles. The monoisotopic (exact) mass is 430 g/mol. The molecular formula is C21H22N2O8. The third kappa shape index (κ3) is 3.64. The number of aliphatic hydroxyl groups is 4. The number of rotatable bonds is 5. The van der Waals surface area contributed by atoms with Gasteiger partial charge in [-0.2, -0.15) is 0 Å². The number of imide groups is 1. The molecule has 10 heteroatoms. The Hall–Kier alpha value is -3.02. The molecule has 6 N–H and O–H groups in total. The normalized spacial score (nSPS) is 33.0. The van der Waals surface area contributed by atoms with Crippen molar-refractivity contribution < 1.29 is 39.5 Å². The van der Waals surface area contributed by atoms with Crippen molar-refractivity contribution >= 4 is 11.9 Å². The van der Waals surface area contributed by atoms with E-state index in [-0.39, 0.29) is 5.75 Å². The predicted octanol–water partition coefficient (Wildman–Crippen LogP) is -1.05. The van der Waals surface area contributed by atoms with Crippen molar-refractivity contribution in [2.45, 2.75) is 36.2 Å². The van der Waals surface area contributed by atoms with E-state index in [1.165, 1.54) is 12.1 Å². The second kappa shape index (κ2) is 8.25. The first-order chi connectivity index (χ1) is 14.9. The second-order valence-electron chi connectivity index (χ2n) is 7.36. The maximum Gasteiger partial charge on any atom is 0.322 e. The molecular weight excluding hydrogens is 408 g/mol. The second-order valence-corrected chi connectivity index (χ2v) is 7.36. The third-order valence-corrected chi connectivity index (χ3v) is 5.46. The maximum absolute atomic E-state index is 12.7. The van der Waals surface area contributed by atoms with E-state index < -0.39 is 54.8 Å². The summed E-state index contributed by atoms with van der Waals surface area (Å²) < 4.78 is 10.9. The number of carbonyl (C=O) groups excluding carboxylic acids is 2. The molecule has 2 aliphatic heterocycles. The summed E-state index contributed by atoms with van der Waals surface area (Å²) in [5.74, 6) is -0.285. The molecule has 164 valence electrons. The Bertz CT molecular complexity index is 952. The summed E-state index contributed by atoms with van der Waals surface area (Å²) in [7, 11) is 0. The van der Waals surface area contributed by atoms with Gasteiger partial charge in [-0.1, -0.05) is 42.5 Å². The van der Waals surface area contributed by atoms with Gasteiger partial charge in [0.2, 0.25) is 6.29 Å². The van der Waals surface area contributed by atoms with Crippen LogP contribution < -0.4 is 15.4 Å². The molecule has 6 atom stereocenters. The highest BCUT2D eigenvalue weighted by Crippen LogP contribution is 2.34. The minimum atomic E-state index is -1.56. The average molecular weight is 430 g/mol. The van der Waals surface area contributed by atoms with Crippen molar-refractivity contribution in [1.29, 1.82) is 0 Å². The molecule has 0 spiro atoms. The summed E-state index contributed by atoms with van der Waals surface area (Å²) >= 11 is 0. The van der Waals surface area contributed by atoms with Crippen molar-refractivity contribution in [3.05, 3.63) is 65.7 Å². The van der Waals surface area contributed by atoms with E-state index in [0.29, 0.717) is 11.1 Å². The predicted molar refractivity (Wildman–Crippen MR) is 105 cm³/mol. The fourth-order valence-electron chi connectivity index (χ4n) is 3.80. The van der Waals surface area contributed by atoms with E-state index in [1.807, 2.05) is 0 Å². The Morgan fingerprint density at radius 2 is 1.55 bits per heavy atom. The zero-order chi connectivity index (χ0) is 22.2. The van der Waals surface area contributed by atoms with Crippen molar-refractivity contribution in [3.63, 3.8) is 0 Å². The summed E-state index contributed by atoms with van der Waals surface area (Å²) in [6.07, 6.45) is -7.03. The van der Waals surface area contributed by atoms with E-state index in [1.54, 1.807) is 42.5 Å². The lowest BCUT2D eigenvalue weighted by molar-refractivity contribution is -0.277. The largest absolute Gasteiger partial charge is 0.462 e. The molecule has 31 heavy (non-hydrogen) atoms. The van der Waals surface area contributed by atoms with E-state index in [0.717, 1.165) is 0 Å². The van der Waals surface area contributed by atoms with Gasteiger partial charge in [0, 0.05) is 0 Å². The standard InChI is InChI=1S/C21H22N2O8/c24-10-14-15(25)16(26)17(27)18(31-14)30-13-8-6-12(7-9-13)21(11-4-2-1-3-5-11)19(28)22-20(29)23-21/h1-9,14-18,24-27H,10H2,(H2,22,23,28,29)/t14-,15-,16+,17-,18?,21?/m1/s1. The first-order valence-corrected chi connectivity index (χ1v) is 9.63. The SMILES string of the molecule is O=C1NC(=O)C(c2ccccc2)(c2ccc(OC3O[C@H](CO)[C@@H](O)[C@H](O)[C@H]3O)cc2)N1. The number of nitrogens with one attached hydrogen (secondary N) is 2. The van der Waals surface area contributed by atoms with Gasteiger partial charge in [0.05, 0.1) is 6.61 Å². The topological polar surface area (TPSA) is 158 Å². The minimum absolute atomic E-state index is 0.237. The van der Waals surface area contributed by atoms with Gasteiger partial charge in [0.1, 0.15) is 30.2 Å². The molecule has 2 saturated heterocycles. The summed E-state index contributed by atoms with van der Waals surface area (Å²) in [4.78, 5) is 24.7. The van der Waals surface area contributed by atoms with Crippen molar-refractivity contribution in [2.75, 3.05) is 6.61 Å². The molecule has 0 aromatic heterocycles. The van der Waals surface area contributed by atoms with Crippen LogP contribution in [-0.4, -0.2) is 69.7 Å². The number of urea groups is 1. The Kier molecular flexibility index (Phi) is 5.65. The van der Waals surface area contributed by atoms with Gasteiger partial charge in [-0.05, 0) is 23.3 Å². The molecule has 0 radical (unpaired) electrons. The number of amides is 3. The molecule has 2 fully saturated rings. The lowest BCUT2D eigenvalue weighted by Gasteiger charge is -2.39. The van der Waals surface area contributed by atoms with Crippen molar-refractivity contribution in [1.82, 2.24) is 10.6 Å². The lowest BCUT2D eigenvalue weighted by atomic mass is 9.83. The zero-order valence-corrected chi connectivity index (χ0v) is 16.2. The Morgan fingerprint density at radius 1 is 0.903 bits per heavy atom. The van der Waals surface area contributed by atoms with E-state index >= 15 is 0 Å². The molecule has 10 nitrogen and oxygen atoms in total. The molecule has 4 rings (SSSR count). The highest BCUT2D eigenvalue weighted by atomic mass is 16.7. The van der Waals surface area contributed by atoms with Crippen LogP contribution >= 0.6 is 0 Å². The molecule has 0 bridgehead atoms. The molecule has 2 unspecified atom stereocenters. The quantitative estimate of drug-likeness (QED) is 0.328. The van der Waals surface area contributed by atoms with Crippen LogP contribution in [0.25, 0.3) is 0 Å². The minimum Gasteiger partial charge on any atom is -0.462 e. The van der Waals surface area contributed by atoms with Crippen LogP contribution in [0.15, 0.2) is 54.6 Å². The van der Waals surface area contributed by atoms with Crippen LogP contribution in [0.1, 0.15) is 11.1 Å². The number of hydrogen-bond acceptors (Lipinski definition) is 8. The van der Waals surface area contributed by atoms with Gasteiger partial charge in [-0.15, -0.1) is 0 Å². The zero-order valence-electron chi connectivity index (χ0n) is 16.2. The van der Waals surface area contributed by atoms with Gasteiger partial charge >= 0.3 is 6.03 Å². The summed E-state index contributed by atoms with van der Waals surface area (Å²) in [6.45, 7) is -0.571. The van der Waals surface area contributed by atoms with E-state index in [2.05, 4.69) is 10.6 Å². The molecule has 2 aliphatic rings. The van der Waals surface area contributed by atoms with Crippen molar-refractivity contribution in [2.24, 2.45) is 0 Å². The van der Waals surface area contributed by atoms with Gasteiger partial charge in [-0.25, -0.2) is 4.79 Å². The molecule has 2 aromatic carbocycles. The lowest BCUT2D eigenvalue weighted by Crippen LogP contribution is -2.60. The first-order valence-electron chi connectivity index (χ1n) is 9.63. The smallest absolute Gasteiger partial charge is 0.322 e. The molecule has 2 aromatic rings. The van der Waals surface area contributed by atoms with E-state index in [9.17, 15) is 30.0 Å². The number of aliphatic hydroxyl groups excluding tert-OH is 4. The van der Waals surface area contributed by atoms with E-state index in [4.69, 9.17) is 9.47 Å². The average Bonchev–Trinajstić information content (AvgIpc) is 3.09. The Morgan fingerprint density at radius 3 is 2.13 bits per heavy atom. The number of ether oxygens (including phenoxy) is 2. The number of hydrogen-bond donors (Lipinski definition) is 6. The van der Waals surface area contributed by atoms with Gasteiger partial charge in [-0.3, -0.25) is 10.1 Å². The van der Waals surface area contributed by atoms with Crippen LogP contribution in [0.5, 0.6) is 5.75 Å². The molecule has 3 amide bonds. The van der Waals surface area contributed by atoms with Crippen LogP contribution in [0, 0.1) is 0 Å². The van der Waals surface area contributed by atoms with Crippen LogP contribution in [0.4, 0.5) is 4.79 Å². The van der Waals surface area contributed by atoms with Gasteiger partial charge in [0.15, 0.2) is 5.54 Å². The first kappa shape index (κ1) is 21.2. The van der Waals surface area contributed by atoms with Crippen LogP contribution in [0.2, 0.25) is 0 Å². The highest BCUT2D eigenvalue weighted by Gasteiger charge is 2.49. The maximum atomic E-state index is 12.7. The third-order valence-electron chi connectivity index (χ3n) is 5.46. The molecule has 0 saturated carbocycles. The Labute approximate surface area is 177 Å². The summed E-state index contributed by atoms with van der Waals surface area (Å²) in [6, 6.07) is 14.3. The van der Waals surface area contributed by atoms with Crippen LogP contribution in [-0.2, 0) is 15.1 Å². The summed E-state index contributed by atoms with van der Waals surface area (Å²) in [5.41, 5.74) is -0.371. The number of carbonyl (C=O) groups is 2. The van der Waals surface area contributed by atoms with Crippen molar-refractivity contribution in [3.8, 4) is 5.75 Å². The summed E-state index contributed by atoms with van der Waals surface area (Å²) in [5, 5.41) is 44.1. The fourth-order valence-corrected chi connectivity index (χ4v) is 3.80.